The summed E-state index contributed by atoms with van der Waals surface area (Å²) in [6, 6.07) is 8.68. The second-order valence-electron chi connectivity index (χ2n) is 6.57. The van der Waals surface area contributed by atoms with Gasteiger partial charge in [-0.15, -0.1) is 0 Å². The van der Waals surface area contributed by atoms with E-state index in [1.807, 2.05) is 6.92 Å². The van der Waals surface area contributed by atoms with Gasteiger partial charge in [0, 0.05) is 6.04 Å². The Hall–Kier alpha value is -1.02. The third kappa shape index (κ3) is 3.11. The molecule has 0 amide bonds. The zero-order valence-electron chi connectivity index (χ0n) is 11.8. The highest BCUT2D eigenvalue weighted by Crippen LogP contribution is 2.48. The first kappa shape index (κ1) is 13.0. The zero-order chi connectivity index (χ0) is 13.2. The summed E-state index contributed by atoms with van der Waals surface area (Å²) in [4.78, 5) is 0. The van der Waals surface area contributed by atoms with Gasteiger partial charge in [-0.3, -0.25) is 0 Å². The predicted molar refractivity (Wildman–Crippen MR) is 78.2 cm³/mol. The molecule has 0 radical (unpaired) electrons. The van der Waals surface area contributed by atoms with E-state index in [0.717, 1.165) is 36.5 Å². The van der Waals surface area contributed by atoms with Crippen LogP contribution >= 0.6 is 0 Å². The number of fused-ring (bicyclic) bond motifs is 2. The van der Waals surface area contributed by atoms with Crippen LogP contribution in [0.4, 0.5) is 0 Å². The van der Waals surface area contributed by atoms with E-state index in [1.165, 1.54) is 31.2 Å². The number of ether oxygens (including phenoxy) is 1. The molecule has 2 aliphatic carbocycles. The molecule has 2 heteroatoms. The Kier molecular flexibility index (Phi) is 3.79. The van der Waals surface area contributed by atoms with Gasteiger partial charge >= 0.3 is 0 Å². The van der Waals surface area contributed by atoms with Gasteiger partial charge in [0.15, 0.2) is 0 Å². The molecule has 3 rings (SSSR count). The minimum atomic E-state index is 0.223. The number of hydrogen-bond acceptors (Lipinski definition) is 2. The molecule has 0 spiro atoms. The Balaban J connectivity index is 1.50. The van der Waals surface area contributed by atoms with Gasteiger partial charge in [0.25, 0.3) is 0 Å². The number of hydrogen-bond donors (Lipinski definition) is 1. The van der Waals surface area contributed by atoms with Gasteiger partial charge in [0.2, 0.25) is 0 Å². The maximum atomic E-state index is 5.97. The summed E-state index contributed by atoms with van der Waals surface area (Å²) in [5.41, 5.74) is 7.10. The van der Waals surface area contributed by atoms with E-state index >= 15 is 0 Å². The van der Waals surface area contributed by atoms with Crippen molar-refractivity contribution in [3.05, 3.63) is 29.8 Å². The third-order valence-corrected chi connectivity index (χ3v) is 4.83. The molecule has 0 heterocycles. The first-order valence-corrected chi connectivity index (χ1v) is 7.68. The molecule has 0 saturated heterocycles. The van der Waals surface area contributed by atoms with E-state index < -0.39 is 0 Å². The average Bonchev–Trinajstić information content (AvgIpc) is 2.99. The van der Waals surface area contributed by atoms with Crippen LogP contribution in [0.5, 0.6) is 5.75 Å². The van der Waals surface area contributed by atoms with Crippen molar-refractivity contribution in [3.8, 4) is 5.75 Å². The molecule has 2 N–H and O–H groups in total. The van der Waals surface area contributed by atoms with E-state index in [0.29, 0.717) is 0 Å². The average molecular weight is 259 g/mol. The normalized spacial score (nSPS) is 30.5. The Morgan fingerprint density at radius 3 is 2.58 bits per heavy atom. The summed E-state index contributed by atoms with van der Waals surface area (Å²) >= 11 is 0. The summed E-state index contributed by atoms with van der Waals surface area (Å²) in [6.07, 6.45) is 6.70. The van der Waals surface area contributed by atoms with Gasteiger partial charge in [-0.2, -0.15) is 0 Å². The summed E-state index contributed by atoms with van der Waals surface area (Å²) in [7, 11) is 0. The SMILES string of the molecule is CC(N)Cc1ccc(OCC2CC3CCC2C3)cc1. The quantitative estimate of drug-likeness (QED) is 0.879. The predicted octanol–water partition coefficient (Wildman–Crippen LogP) is 3.39. The van der Waals surface area contributed by atoms with Crippen LogP contribution in [0.25, 0.3) is 0 Å². The van der Waals surface area contributed by atoms with E-state index in [-0.39, 0.29) is 6.04 Å². The smallest absolute Gasteiger partial charge is 0.119 e. The van der Waals surface area contributed by atoms with Gasteiger partial charge in [0.1, 0.15) is 5.75 Å². The van der Waals surface area contributed by atoms with Crippen molar-refractivity contribution < 1.29 is 4.74 Å². The molecule has 4 atom stereocenters. The van der Waals surface area contributed by atoms with Crippen LogP contribution < -0.4 is 10.5 Å². The molecule has 19 heavy (non-hydrogen) atoms. The van der Waals surface area contributed by atoms with Gasteiger partial charge in [-0.05, 0) is 68.1 Å². The minimum absolute atomic E-state index is 0.223. The molecule has 2 fully saturated rings. The second-order valence-corrected chi connectivity index (χ2v) is 6.57. The zero-order valence-corrected chi connectivity index (χ0v) is 11.8. The summed E-state index contributed by atoms with van der Waals surface area (Å²) in [6.45, 7) is 2.95. The first-order chi connectivity index (χ1) is 9.20. The lowest BCUT2D eigenvalue weighted by atomic mass is 9.89. The van der Waals surface area contributed by atoms with E-state index in [2.05, 4.69) is 24.3 Å². The topological polar surface area (TPSA) is 35.2 Å². The summed E-state index contributed by atoms with van der Waals surface area (Å²) in [5.74, 6) is 3.77. The number of rotatable bonds is 5. The fourth-order valence-electron chi connectivity index (χ4n) is 3.88. The van der Waals surface area contributed by atoms with Crippen LogP contribution in [-0.2, 0) is 6.42 Å². The number of benzene rings is 1. The molecule has 2 nitrogen and oxygen atoms in total. The highest BCUT2D eigenvalue weighted by Gasteiger charge is 2.39. The Morgan fingerprint density at radius 1 is 1.21 bits per heavy atom. The highest BCUT2D eigenvalue weighted by atomic mass is 16.5. The van der Waals surface area contributed by atoms with Crippen LogP contribution in [0.3, 0.4) is 0 Å². The van der Waals surface area contributed by atoms with Gasteiger partial charge < -0.3 is 10.5 Å². The molecule has 104 valence electrons. The Bertz CT molecular complexity index is 412. The molecule has 1 aromatic rings. The molecule has 0 aliphatic heterocycles. The van der Waals surface area contributed by atoms with Crippen LogP contribution in [0.2, 0.25) is 0 Å². The van der Waals surface area contributed by atoms with Crippen molar-refractivity contribution in [1.29, 1.82) is 0 Å². The maximum absolute atomic E-state index is 5.97. The van der Waals surface area contributed by atoms with Gasteiger partial charge in [-0.25, -0.2) is 0 Å². The lowest BCUT2D eigenvalue weighted by Gasteiger charge is -2.21. The fraction of sp³-hybridized carbons (Fsp3) is 0.647. The monoisotopic (exact) mass is 259 g/mol. The molecule has 2 aliphatic rings. The third-order valence-electron chi connectivity index (χ3n) is 4.83. The van der Waals surface area contributed by atoms with Gasteiger partial charge in [-0.1, -0.05) is 18.6 Å². The van der Waals surface area contributed by atoms with Gasteiger partial charge in [0.05, 0.1) is 6.61 Å². The maximum Gasteiger partial charge on any atom is 0.119 e. The largest absolute Gasteiger partial charge is 0.493 e. The summed E-state index contributed by atoms with van der Waals surface area (Å²) in [5, 5.41) is 0. The molecule has 0 aromatic heterocycles. The molecule has 2 saturated carbocycles. The van der Waals surface area contributed by atoms with E-state index in [9.17, 15) is 0 Å². The lowest BCUT2D eigenvalue weighted by molar-refractivity contribution is 0.195. The molecular formula is C17H25NO. The summed E-state index contributed by atoms with van der Waals surface area (Å²) < 4.78 is 5.97. The fourth-order valence-corrected chi connectivity index (χ4v) is 3.88. The van der Waals surface area contributed by atoms with Crippen LogP contribution in [0.1, 0.15) is 38.2 Å². The van der Waals surface area contributed by atoms with Crippen LogP contribution in [0, 0.1) is 17.8 Å². The van der Waals surface area contributed by atoms with Crippen molar-refractivity contribution in [1.82, 2.24) is 0 Å². The lowest BCUT2D eigenvalue weighted by Crippen LogP contribution is -2.19. The Labute approximate surface area is 116 Å². The molecular weight excluding hydrogens is 234 g/mol. The van der Waals surface area contributed by atoms with Crippen molar-refractivity contribution >= 4 is 0 Å². The molecule has 4 unspecified atom stereocenters. The van der Waals surface area contributed by atoms with Crippen molar-refractivity contribution in [2.45, 2.75) is 45.1 Å². The molecule has 1 aromatic carbocycles. The van der Waals surface area contributed by atoms with Crippen molar-refractivity contribution in [3.63, 3.8) is 0 Å². The minimum Gasteiger partial charge on any atom is -0.493 e. The first-order valence-electron chi connectivity index (χ1n) is 7.68. The van der Waals surface area contributed by atoms with Crippen LogP contribution in [-0.4, -0.2) is 12.6 Å². The standard InChI is InChI=1S/C17H25NO/c1-12(18)8-13-3-6-17(7-4-13)19-11-16-10-14-2-5-15(16)9-14/h3-4,6-7,12,14-16H,2,5,8-11,18H2,1H3. The van der Waals surface area contributed by atoms with Crippen molar-refractivity contribution in [2.24, 2.45) is 23.5 Å². The Morgan fingerprint density at radius 2 is 2.00 bits per heavy atom. The van der Waals surface area contributed by atoms with E-state index in [4.69, 9.17) is 10.5 Å². The van der Waals surface area contributed by atoms with E-state index in [1.54, 1.807) is 0 Å². The highest BCUT2D eigenvalue weighted by molar-refractivity contribution is 5.27. The number of nitrogens with two attached hydrogens (primary N) is 1. The van der Waals surface area contributed by atoms with Crippen molar-refractivity contribution in [2.75, 3.05) is 6.61 Å². The van der Waals surface area contributed by atoms with Crippen LogP contribution in [0.15, 0.2) is 24.3 Å². The second kappa shape index (κ2) is 5.54. The molecule has 2 bridgehead atoms.